The molecule has 4 aromatic heterocycles. The van der Waals surface area contributed by atoms with Gasteiger partial charge in [0.25, 0.3) is 5.56 Å². The maximum Gasteiger partial charge on any atom is 0.254 e. The van der Waals surface area contributed by atoms with Crippen LogP contribution in [-0.2, 0) is 11.8 Å². The molecule has 1 aromatic carbocycles. The number of nitrogens with one attached hydrogen (secondary N) is 1. The van der Waals surface area contributed by atoms with Crippen LogP contribution in [0.4, 0.5) is 5.82 Å². The highest BCUT2D eigenvalue weighted by Gasteiger charge is 2.24. The third-order valence-corrected chi connectivity index (χ3v) is 7.70. The maximum atomic E-state index is 13.7. The van der Waals surface area contributed by atoms with Crippen molar-refractivity contribution in [2.75, 3.05) is 5.32 Å². The van der Waals surface area contributed by atoms with Gasteiger partial charge in [-0.3, -0.25) is 23.8 Å². The Hall–Kier alpha value is -4.35. The van der Waals surface area contributed by atoms with Crippen molar-refractivity contribution in [2.45, 2.75) is 32.2 Å². The van der Waals surface area contributed by atoms with E-state index in [0.717, 1.165) is 11.1 Å². The zero-order chi connectivity index (χ0) is 28.7. The average Bonchev–Trinajstić information content (AvgIpc) is 3.56. The van der Waals surface area contributed by atoms with Crippen LogP contribution in [0.15, 0.2) is 66.1 Å². The van der Waals surface area contributed by atoms with Gasteiger partial charge in [-0.2, -0.15) is 5.10 Å². The molecule has 11 nitrogen and oxygen atoms in total. The highest BCUT2D eigenvalue weighted by atomic mass is 35.5. The molecule has 0 fully saturated rings. The summed E-state index contributed by atoms with van der Waals surface area (Å²) in [5, 5.41) is 16.0. The first-order chi connectivity index (χ1) is 19.8. The first-order valence-corrected chi connectivity index (χ1v) is 13.8. The summed E-state index contributed by atoms with van der Waals surface area (Å²) in [6.07, 6.45) is 8.45. The Bertz CT molecular complexity index is 1830. The topological polar surface area (TPSA) is 125 Å². The Morgan fingerprint density at radius 1 is 1.02 bits per heavy atom. The summed E-state index contributed by atoms with van der Waals surface area (Å²) in [6.45, 7) is 1.90. The number of hydrogen-bond donors (Lipinski definition) is 1. The van der Waals surface area contributed by atoms with E-state index < -0.39 is 6.04 Å². The van der Waals surface area contributed by atoms with Gasteiger partial charge in [-0.05, 0) is 48.7 Å². The fraction of sp³-hybridized carbons (Fsp3) is 0.250. The number of nitrogens with zero attached hydrogens (tertiary/aromatic N) is 8. The number of amides is 1. The van der Waals surface area contributed by atoms with Crippen LogP contribution >= 0.6 is 23.2 Å². The van der Waals surface area contributed by atoms with Crippen LogP contribution in [0.3, 0.4) is 0 Å². The maximum absolute atomic E-state index is 13.7. The smallest absolute Gasteiger partial charge is 0.254 e. The van der Waals surface area contributed by atoms with Crippen molar-refractivity contribution in [2.24, 2.45) is 13.0 Å². The Balaban J connectivity index is 1.43. The van der Waals surface area contributed by atoms with Crippen LogP contribution < -0.4 is 10.9 Å². The molecule has 5 heterocycles. The first kappa shape index (κ1) is 26.9. The summed E-state index contributed by atoms with van der Waals surface area (Å²) in [5.41, 5.74) is 3.73. The molecule has 1 aliphatic heterocycles. The predicted molar refractivity (Wildman–Crippen MR) is 155 cm³/mol. The molecule has 0 saturated heterocycles. The lowest BCUT2D eigenvalue weighted by atomic mass is 9.96. The Morgan fingerprint density at radius 2 is 1.88 bits per heavy atom. The number of benzene rings is 1. The molecule has 1 amide bonds. The minimum absolute atomic E-state index is 0.0737. The third kappa shape index (κ3) is 5.25. The predicted octanol–water partition coefficient (Wildman–Crippen LogP) is 4.94. The summed E-state index contributed by atoms with van der Waals surface area (Å²) in [6, 6.07) is 10.1. The van der Waals surface area contributed by atoms with Crippen molar-refractivity contribution >= 4 is 34.9 Å². The van der Waals surface area contributed by atoms with Gasteiger partial charge in [0.2, 0.25) is 5.91 Å². The summed E-state index contributed by atoms with van der Waals surface area (Å²) >= 11 is 12.3. The molecule has 0 radical (unpaired) electrons. The first-order valence-electron chi connectivity index (χ1n) is 13.0. The van der Waals surface area contributed by atoms with Crippen molar-refractivity contribution < 1.29 is 4.79 Å². The van der Waals surface area contributed by atoms with Gasteiger partial charge in [0.05, 0.1) is 41.8 Å². The molecule has 41 heavy (non-hydrogen) atoms. The Kier molecular flexibility index (Phi) is 7.14. The molecule has 6 rings (SSSR count). The van der Waals surface area contributed by atoms with E-state index >= 15 is 0 Å². The molecule has 5 aromatic rings. The van der Waals surface area contributed by atoms with Crippen LogP contribution in [0.5, 0.6) is 0 Å². The number of carbonyl (C=O) groups is 1. The second kappa shape index (κ2) is 10.9. The van der Waals surface area contributed by atoms with E-state index in [1.54, 1.807) is 53.1 Å². The van der Waals surface area contributed by atoms with E-state index in [1.807, 2.05) is 19.1 Å². The van der Waals surface area contributed by atoms with Gasteiger partial charge in [-0.1, -0.05) is 41.8 Å². The molecule has 13 heteroatoms. The minimum atomic E-state index is -0.397. The van der Waals surface area contributed by atoms with Gasteiger partial charge in [0.1, 0.15) is 5.82 Å². The highest BCUT2D eigenvalue weighted by Crippen LogP contribution is 2.33. The molecular formula is C28H25Cl2N9O2. The standard InChI is InChI=1S/C28H25Cl2N9O2/c1-16-4-3-5-24(22-10-17(8-9-31-22)20-13-33-37(2)27(20)34-28(16)41)38-15-32-21(12-26(38)40)19-11-18(29)6-7-23(19)39-14-25(30)35-36-39/h6-16,24H,3-5H2,1-2H3,(H,34,41). The lowest BCUT2D eigenvalue weighted by Crippen LogP contribution is -2.27. The fourth-order valence-corrected chi connectivity index (χ4v) is 5.38. The monoisotopic (exact) mass is 589 g/mol. The van der Waals surface area contributed by atoms with Crippen LogP contribution in [0.2, 0.25) is 10.2 Å². The molecule has 208 valence electrons. The second-order valence-corrected chi connectivity index (χ2v) is 10.8. The van der Waals surface area contributed by atoms with Gasteiger partial charge in [-0.15, -0.1) is 5.10 Å². The fourth-order valence-electron chi connectivity index (χ4n) is 5.08. The van der Waals surface area contributed by atoms with Crippen LogP contribution in [0.25, 0.3) is 28.1 Å². The largest absolute Gasteiger partial charge is 0.310 e. The molecule has 1 aliphatic rings. The van der Waals surface area contributed by atoms with Gasteiger partial charge in [0.15, 0.2) is 5.15 Å². The lowest BCUT2D eigenvalue weighted by Gasteiger charge is -2.22. The second-order valence-electron chi connectivity index (χ2n) is 10.0. The van der Waals surface area contributed by atoms with Gasteiger partial charge in [0, 0.05) is 41.4 Å². The zero-order valence-corrected chi connectivity index (χ0v) is 23.7. The van der Waals surface area contributed by atoms with Crippen molar-refractivity contribution in [3.05, 3.63) is 87.5 Å². The SMILES string of the molecule is CC1CCCC(n2cnc(-c3cc(Cl)ccc3-n3cc(Cl)nn3)cc2=O)c2cc(ccn2)-c2cnn(C)c2NC1=O. The molecule has 0 spiro atoms. The zero-order valence-electron chi connectivity index (χ0n) is 22.2. The summed E-state index contributed by atoms with van der Waals surface area (Å²) in [4.78, 5) is 35.9. The van der Waals surface area contributed by atoms with E-state index in [9.17, 15) is 9.59 Å². The van der Waals surface area contributed by atoms with Crippen LogP contribution in [-0.4, -0.2) is 45.2 Å². The highest BCUT2D eigenvalue weighted by molar-refractivity contribution is 6.31. The number of anilines is 1. The average molecular weight is 590 g/mol. The Morgan fingerprint density at radius 3 is 2.66 bits per heavy atom. The Labute approximate surface area is 244 Å². The molecular weight excluding hydrogens is 565 g/mol. The number of carbonyl (C=O) groups excluding carboxylic acids is 1. The van der Waals surface area contributed by atoms with Crippen LogP contribution in [0, 0.1) is 5.92 Å². The van der Waals surface area contributed by atoms with Gasteiger partial charge in [-0.25, -0.2) is 9.67 Å². The molecule has 0 saturated carbocycles. The van der Waals surface area contributed by atoms with Crippen molar-refractivity contribution in [3.63, 3.8) is 0 Å². The molecule has 2 unspecified atom stereocenters. The quantitative estimate of drug-likeness (QED) is 0.316. The van der Waals surface area contributed by atoms with Crippen molar-refractivity contribution in [1.29, 1.82) is 0 Å². The number of fused-ring (bicyclic) bond motifs is 4. The normalized spacial score (nSPS) is 17.3. The number of rotatable bonds is 3. The molecule has 2 bridgehead atoms. The lowest BCUT2D eigenvalue weighted by molar-refractivity contribution is -0.119. The number of halogens is 2. The number of aryl methyl sites for hydroxylation is 1. The van der Waals surface area contributed by atoms with E-state index in [4.69, 9.17) is 23.2 Å². The molecule has 2 atom stereocenters. The summed E-state index contributed by atoms with van der Waals surface area (Å²) in [7, 11) is 1.79. The summed E-state index contributed by atoms with van der Waals surface area (Å²) in [5.74, 6) is 0.314. The summed E-state index contributed by atoms with van der Waals surface area (Å²) < 4.78 is 4.74. The third-order valence-electron chi connectivity index (χ3n) is 7.29. The molecule has 1 N–H and O–H groups in total. The van der Waals surface area contributed by atoms with E-state index in [0.29, 0.717) is 52.7 Å². The number of pyridine rings is 1. The minimum Gasteiger partial charge on any atom is -0.310 e. The van der Waals surface area contributed by atoms with Crippen molar-refractivity contribution in [3.8, 4) is 28.1 Å². The van der Waals surface area contributed by atoms with E-state index in [2.05, 4.69) is 30.7 Å². The van der Waals surface area contributed by atoms with Gasteiger partial charge >= 0.3 is 0 Å². The van der Waals surface area contributed by atoms with E-state index in [-0.39, 0.29) is 22.5 Å². The number of aromatic nitrogens is 8. The van der Waals surface area contributed by atoms with Crippen LogP contribution in [0.1, 0.15) is 37.9 Å². The van der Waals surface area contributed by atoms with Gasteiger partial charge < -0.3 is 5.32 Å². The van der Waals surface area contributed by atoms with E-state index in [1.165, 1.54) is 17.1 Å². The number of hydrogen-bond acceptors (Lipinski definition) is 7. The van der Waals surface area contributed by atoms with Crippen molar-refractivity contribution in [1.82, 2.24) is 39.3 Å². The molecule has 0 aliphatic carbocycles.